The quantitative estimate of drug-likeness (QED) is 0.782. The van der Waals surface area contributed by atoms with E-state index in [4.69, 9.17) is 5.26 Å². The third kappa shape index (κ3) is 3.59. The fourth-order valence-corrected chi connectivity index (χ4v) is 1.67. The zero-order chi connectivity index (χ0) is 14.4. The van der Waals surface area contributed by atoms with Gasteiger partial charge in [0.15, 0.2) is 11.5 Å². The third-order valence-electron chi connectivity index (χ3n) is 2.36. The first-order valence-corrected chi connectivity index (χ1v) is 6.30. The Kier molecular flexibility index (Phi) is 5.13. The molecule has 4 nitrogen and oxygen atoms in total. The zero-order valence-electron chi connectivity index (χ0n) is 12.0. The summed E-state index contributed by atoms with van der Waals surface area (Å²) in [7, 11) is 0. The van der Waals surface area contributed by atoms with Crippen LogP contribution in [0.15, 0.2) is 18.2 Å². The predicted molar refractivity (Wildman–Crippen MR) is 75.5 cm³/mol. The highest BCUT2D eigenvalue weighted by Gasteiger charge is 2.10. The molecule has 0 fully saturated rings. The lowest BCUT2D eigenvalue weighted by Crippen LogP contribution is -1.98. The molecule has 0 spiro atoms. The van der Waals surface area contributed by atoms with Crippen LogP contribution in [0.25, 0.3) is 11.4 Å². The number of pyridine rings is 1. The topological polar surface area (TPSA) is 62.5 Å². The average molecular weight is 254 g/mol. The van der Waals surface area contributed by atoms with E-state index in [0.717, 1.165) is 17.1 Å². The predicted octanol–water partition coefficient (Wildman–Crippen LogP) is 3.36. The number of nitriles is 1. The second-order valence-corrected chi connectivity index (χ2v) is 3.93. The highest BCUT2D eigenvalue weighted by atomic mass is 14.9. The number of rotatable bonds is 1. The molecule has 0 aliphatic rings. The molecule has 0 aliphatic carbocycles. The lowest BCUT2D eigenvalue weighted by molar-refractivity contribution is 1.05. The molecule has 0 N–H and O–H groups in total. The Morgan fingerprint density at radius 1 is 0.895 bits per heavy atom. The van der Waals surface area contributed by atoms with Gasteiger partial charge < -0.3 is 0 Å². The molecule has 19 heavy (non-hydrogen) atoms. The highest BCUT2D eigenvalue weighted by molar-refractivity contribution is 5.62. The number of hydrogen-bond donors (Lipinski definition) is 0. The summed E-state index contributed by atoms with van der Waals surface area (Å²) in [5.74, 6) is 0.562. The second-order valence-electron chi connectivity index (χ2n) is 3.93. The van der Waals surface area contributed by atoms with Crippen molar-refractivity contribution in [3.05, 3.63) is 41.0 Å². The monoisotopic (exact) mass is 254 g/mol. The molecule has 4 heteroatoms. The van der Waals surface area contributed by atoms with Crippen molar-refractivity contribution >= 4 is 0 Å². The molecule has 2 aromatic rings. The molecule has 2 aromatic heterocycles. The minimum absolute atomic E-state index is 0.370. The van der Waals surface area contributed by atoms with E-state index in [9.17, 15) is 0 Å². The number of aromatic nitrogens is 3. The number of nitrogens with zero attached hydrogens (tertiary/aromatic N) is 4. The van der Waals surface area contributed by atoms with Crippen molar-refractivity contribution in [2.45, 2.75) is 34.6 Å². The van der Waals surface area contributed by atoms with Crippen LogP contribution in [0.5, 0.6) is 0 Å². The van der Waals surface area contributed by atoms with Gasteiger partial charge >= 0.3 is 0 Å². The van der Waals surface area contributed by atoms with Crippen LogP contribution in [0.3, 0.4) is 0 Å². The molecule has 0 atom stereocenters. The molecule has 2 heterocycles. The van der Waals surface area contributed by atoms with Gasteiger partial charge in [0.25, 0.3) is 0 Å². The maximum Gasteiger partial charge on any atom is 0.162 e. The molecular weight excluding hydrogens is 236 g/mol. The van der Waals surface area contributed by atoms with Gasteiger partial charge in [-0.1, -0.05) is 13.8 Å². The van der Waals surface area contributed by atoms with E-state index in [-0.39, 0.29) is 0 Å². The Balaban J connectivity index is 0.000000861. The molecule has 0 bridgehead atoms. The van der Waals surface area contributed by atoms with Crippen LogP contribution in [-0.4, -0.2) is 15.0 Å². The number of aryl methyl sites for hydroxylation is 3. The van der Waals surface area contributed by atoms with Crippen LogP contribution < -0.4 is 0 Å². The normalized spacial score (nSPS) is 9.26. The SMILES string of the molecule is CC.Cc1cc(C)nc(-c2ccc(C)nc2C#N)n1. The largest absolute Gasteiger partial charge is 0.242 e. The van der Waals surface area contributed by atoms with Crippen LogP contribution in [0.1, 0.15) is 36.6 Å². The molecule has 98 valence electrons. The van der Waals surface area contributed by atoms with E-state index in [2.05, 4.69) is 21.0 Å². The van der Waals surface area contributed by atoms with Gasteiger partial charge in [-0.25, -0.2) is 15.0 Å². The van der Waals surface area contributed by atoms with Gasteiger partial charge in [-0.05, 0) is 39.0 Å². The molecule has 0 aromatic carbocycles. The van der Waals surface area contributed by atoms with Crippen molar-refractivity contribution in [2.75, 3.05) is 0 Å². The third-order valence-corrected chi connectivity index (χ3v) is 2.36. The van der Waals surface area contributed by atoms with E-state index < -0.39 is 0 Å². The summed E-state index contributed by atoms with van der Waals surface area (Å²) in [4.78, 5) is 12.9. The van der Waals surface area contributed by atoms with Crippen molar-refractivity contribution in [1.29, 1.82) is 5.26 Å². The van der Waals surface area contributed by atoms with Gasteiger partial charge in [-0.3, -0.25) is 0 Å². The van der Waals surface area contributed by atoms with Gasteiger partial charge in [-0.15, -0.1) is 0 Å². The summed E-state index contributed by atoms with van der Waals surface area (Å²) in [6.07, 6.45) is 0. The van der Waals surface area contributed by atoms with E-state index >= 15 is 0 Å². The Hall–Kier alpha value is -2.28. The standard InChI is InChI=1S/C13H12N4.C2H6/c1-8-4-5-11(12(7-14)15-8)13-16-9(2)6-10(3)17-13;1-2/h4-6H,1-3H3;1-2H3. The first-order chi connectivity index (χ1) is 9.10. The fourth-order valence-electron chi connectivity index (χ4n) is 1.67. The van der Waals surface area contributed by atoms with Gasteiger partial charge in [0.05, 0.1) is 5.56 Å². The summed E-state index contributed by atoms with van der Waals surface area (Å²) < 4.78 is 0. The van der Waals surface area contributed by atoms with E-state index in [1.165, 1.54) is 0 Å². The van der Waals surface area contributed by atoms with Crippen molar-refractivity contribution in [3.63, 3.8) is 0 Å². The van der Waals surface area contributed by atoms with Crippen molar-refractivity contribution in [1.82, 2.24) is 15.0 Å². The summed E-state index contributed by atoms with van der Waals surface area (Å²) in [5.41, 5.74) is 3.64. The van der Waals surface area contributed by atoms with Crippen LogP contribution in [0.2, 0.25) is 0 Å². The highest BCUT2D eigenvalue weighted by Crippen LogP contribution is 2.19. The van der Waals surface area contributed by atoms with Crippen molar-refractivity contribution < 1.29 is 0 Å². The van der Waals surface area contributed by atoms with Crippen molar-refractivity contribution in [3.8, 4) is 17.5 Å². The Labute approximate surface area is 114 Å². The van der Waals surface area contributed by atoms with Crippen LogP contribution in [0.4, 0.5) is 0 Å². The maximum atomic E-state index is 9.07. The number of hydrogen-bond acceptors (Lipinski definition) is 4. The zero-order valence-corrected chi connectivity index (χ0v) is 12.0. The first kappa shape index (κ1) is 14.8. The van der Waals surface area contributed by atoms with E-state index in [1.54, 1.807) is 0 Å². The van der Waals surface area contributed by atoms with E-state index in [1.807, 2.05) is 52.8 Å². The van der Waals surface area contributed by atoms with Crippen LogP contribution in [-0.2, 0) is 0 Å². The lowest BCUT2D eigenvalue weighted by Gasteiger charge is -2.05. The van der Waals surface area contributed by atoms with Crippen molar-refractivity contribution in [2.24, 2.45) is 0 Å². The van der Waals surface area contributed by atoms with Crippen LogP contribution in [0, 0.1) is 32.1 Å². The molecule has 0 amide bonds. The molecule has 0 radical (unpaired) electrons. The van der Waals surface area contributed by atoms with Gasteiger partial charge in [-0.2, -0.15) is 5.26 Å². The van der Waals surface area contributed by atoms with E-state index in [0.29, 0.717) is 17.1 Å². The molecular formula is C15H18N4. The summed E-state index contributed by atoms with van der Waals surface area (Å²) >= 11 is 0. The van der Waals surface area contributed by atoms with Gasteiger partial charge in [0.2, 0.25) is 0 Å². The minimum atomic E-state index is 0.370. The Morgan fingerprint density at radius 2 is 1.47 bits per heavy atom. The first-order valence-electron chi connectivity index (χ1n) is 6.30. The summed E-state index contributed by atoms with van der Waals surface area (Å²) in [6, 6.07) is 7.68. The summed E-state index contributed by atoms with van der Waals surface area (Å²) in [5, 5.41) is 9.07. The van der Waals surface area contributed by atoms with Crippen LogP contribution >= 0.6 is 0 Å². The molecule has 0 unspecified atom stereocenters. The molecule has 2 rings (SSSR count). The summed E-state index contributed by atoms with van der Waals surface area (Å²) in [6.45, 7) is 9.67. The Morgan fingerprint density at radius 3 is 2.00 bits per heavy atom. The average Bonchev–Trinajstić information content (AvgIpc) is 2.39. The second kappa shape index (κ2) is 6.60. The maximum absolute atomic E-state index is 9.07. The molecule has 0 aliphatic heterocycles. The molecule has 0 saturated carbocycles. The van der Waals surface area contributed by atoms with Gasteiger partial charge in [0.1, 0.15) is 6.07 Å². The van der Waals surface area contributed by atoms with Gasteiger partial charge in [0, 0.05) is 17.1 Å². The minimum Gasteiger partial charge on any atom is -0.242 e. The fraction of sp³-hybridized carbons (Fsp3) is 0.333. The Bertz CT molecular complexity index is 592. The lowest BCUT2D eigenvalue weighted by atomic mass is 10.1. The molecule has 0 saturated heterocycles. The smallest absolute Gasteiger partial charge is 0.162 e.